The summed E-state index contributed by atoms with van der Waals surface area (Å²) in [5.74, 6) is -7.46. The maximum Gasteiger partial charge on any atom is 0.303 e. The molecule has 3 rings (SSSR count). The lowest BCUT2D eigenvalue weighted by molar-refractivity contribution is -0.800. The zero-order chi connectivity index (χ0) is 33.7. The number of nitrogens with two attached hydrogens (primary N) is 1. The largest absolute Gasteiger partial charge is 0.839 e. The summed E-state index contributed by atoms with van der Waals surface area (Å²) in [6.45, 7) is 5.39. The van der Waals surface area contributed by atoms with Crippen LogP contribution in [-0.2, 0) is 66.7 Å². The molecule has 3 heterocycles. The van der Waals surface area contributed by atoms with E-state index in [0.717, 1.165) is 57.0 Å². The molecule has 1 aromatic heterocycles. The molecular weight excluding hydrogens is 610 g/mol. The highest BCUT2D eigenvalue weighted by Gasteiger charge is 2.54. The molecule has 1 amide bonds. The number of aromatic nitrogens is 2. The Kier molecular flexibility index (Phi) is 11.1. The molecule has 2 saturated heterocycles. The average molecular weight is 644 g/mol. The summed E-state index contributed by atoms with van der Waals surface area (Å²) < 4.78 is 44.9. The predicted molar refractivity (Wildman–Crippen MR) is 136 cm³/mol. The number of amides is 1. The predicted octanol–water partition coefficient (Wildman–Crippen LogP) is -2.40. The first-order valence-electron chi connectivity index (χ1n) is 13.4. The first-order chi connectivity index (χ1) is 21.0. The van der Waals surface area contributed by atoms with Crippen LogP contribution in [0.3, 0.4) is 0 Å². The van der Waals surface area contributed by atoms with Crippen LogP contribution in [0.1, 0.15) is 64.5 Å². The Morgan fingerprint density at radius 3 is 1.53 bits per heavy atom. The number of nitrogens with zero attached hydrogens (tertiary/aromatic N) is 2. The van der Waals surface area contributed by atoms with E-state index in [4.69, 9.17) is 43.6 Å². The van der Waals surface area contributed by atoms with E-state index in [1.807, 2.05) is 0 Å². The molecule has 0 saturated carbocycles. The molecule has 0 unspecified atom stereocenters. The van der Waals surface area contributed by atoms with Gasteiger partial charge in [-0.05, 0) is 0 Å². The van der Waals surface area contributed by atoms with Gasteiger partial charge in [0.05, 0.1) is 13.2 Å². The minimum Gasteiger partial charge on any atom is -0.839 e. The molecule has 19 nitrogen and oxygen atoms in total. The number of hydrogen-bond donors (Lipinski definition) is 1. The molecule has 0 radical (unpaired) electrons. The highest BCUT2D eigenvalue weighted by molar-refractivity contribution is 5.92. The van der Waals surface area contributed by atoms with Gasteiger partial charge in [0.25, 0.3) is 5.91 Å². The Morgan fingerprint density at radius 2 is 1.09 bits per heavy atom. The molecule has 0 aliphatic carbocycles. The van der Waals surface area contributed by atoms with Crippen LogP contribution in [0.2, 0.25) is 0 Å². The monoisotopic (exact) mass is 643 g/mol. The summed E-state index contributed by atoms with van der Waals surface area (Å²) in [7, 11) is 0. The molecule has 2 N–H and O–H groups in total. The number of rotatable bonds is 9. The van der Waals surface area contributed by atoms with Crippen LogP contribution in [0.15, 0.2) is 6.33 Å². The molecule has 45 heavy (non-hydrogen) atoms. The van der Waals surface area contributed by atoms with Crippen molar-refractivity contribution in [1.82, 2.24) is 4.57 Å². The summed E-state index contributed by atoms with van der Waals surface area (Å²) in [4.78, 5) is 84.2. The molecule has 0 aromatic carbocycles. The van der Waals surface area contributed by atoms with Crippen LogP contribution in [-0.4, -0.2) is 96.1 Å². The van der Waals surface area contributed by atoms with Gasteiger partial charge >= 0.3 is 35.8 Å². The minimum absolute atomic E-state index is 0.459. The first kappa shape index (κ1) is 34.7. The average Bonchev–Trinajstić information content (AvgIpc) is 3.23. The van der Waals surface area contributed by atoms with E-state index in [1.165, 1.54) is 0 Å². The smallest absolute Gasteiger partial charge is 0.303 e. The van der Waals surface area contributed by atoms with Gasteiger partial charge in [-0.3, -0.25) is 33.6 Å². The topological polar surface area (TPSA) is 251 Å². The van der Waals surface area contributed by atoms with Crippen molar-refractivity contribution in [3.63, 3.8) is 0 Å². The zero-order valence-corrected chi connectivity index (χ0v) is 25.1. The van der Waals surface area contributed by atoms with Crippen molar-refractivity contribution in [3.8, 4) is 5.88 Å². The third kappa shape index (κ3) is 8.24. The van der Waals surface area contributed by atoms with Gasteiger partial charge < -0.3 is 48.7 Å². The van der Waals surface area contributed by atoms with E-state index in [1.54, 1.807) is 0 Å². The number of carbonyl (C=O) groups excluding carboxylic acids is 7. The molecule has 2 aliphatic rings. The van der Waals surface area contributed by atoms with Gasteiger partial charge in [0.1, 0.15) is 5.88 Å². The molecule has 2 fully saturated rings. The number of primary amides is 1. The van der Waals surface area contributed by atoms with Crippen LogP contribution in [0.25, 0.3) is 0 Å². The lowest BCUT2D eigenvalue weighted by Gasteiger charge is -2.39. The standard InChI is InChI=1S/C26H33N3O16/c1-10(30)40-16-7-38-25(21(44-14(5)34)19(16)42-12(3)32)28-9-29(24(37)18(28)23(27)36)26-22(45-15(6)35)20(43-13(4)33)17(8-39-26)41-11(2)31/h9,16-17,19-22,25-26H,7-8H2,1-6H3,(H2-,27,36,37)/t16-,17-,19-,20-,21-,22-,25-,26-/m1/s1. The Balaban J connectivity index is 2.17. The van der Waals surface area contributed by atoms with Gasteiger partial charge in [0.2, 0.25) is 36.7 Å². The molecule has 19 heteroatoms. The third-order valence-electron chi connectivity index (χ3n) is 6.37. The molecule has 248 valence electrons. The van der Waals surface area contributed by atoms with Crippen molar-refractivity contribution >= 4 is 41.7 Å². The lowest BCUT2D eigenvalue weighted by Crippen LogP contribution is -2.62. The van der Waals surface area contributed by atoms with Crippen LogP contribution in [0.5, 0.6) is 5.88 Å². The highest BCUT2D eigenvalue weighted by Crippen LogP contribution is 2.34. The van der Waals surface area contributed by atoms with Gasteiger partial charge in [0, 0.05) is 41.5 Å². The maximum atomic E-state index is 13.7. The fraction of sp³-hybridized carbons (Fsp3) is 0.615. The first-order valence-corrected chi connectivity index (χ1v) is 13.4. The molecular formula is C26H33N3O16. The molecule has 0 bridgehead atoms. The van der Waals surface area contributed by atoms with E-state index in [9.17, 15) is 38.7 Å². The molecule has 8 atom stereocenters. The van der Waals surface area contributed by atoms with E-state index < -0.39 is 116 Å². The van der Waals surface area contributed by atoms with Gasteiger partial charge in [-0.1, -0.05) is 0 Å². The molecule has 2 aliphatic heterocycles. The number of carbonyl (C=O) groups is 7. The molecule has 0 spiro atoms. The van der Waals surface area contributed by atoms with E-state index in [2.05, 4.69) is 0 Å². The second-order valence-electron chi connectivity index (χ2n) is 9.99. The Hall–Kier alpha value is -4.78. The zero-order valence-electron chi connectivity index (χ0n) is 25.1. The Morgan fingerprint density at radius 1 is 0.689 bits per heavy atom. The Bertz CT molecular complexity index is 1360. The van der Waals surface area contributed by atoms with Crippen molar-refractivity contribution in [2.24, 2.45) is 5.73 Å². The summed E-state index contributed by atoms with van der Waals surface area (Å²) in [5.41, 5.74) is 4.81. The number of ether oxygens (including phenoxy) is 8. The SMILES string of the molecule is CC(=O)O[C@@H]1[C@H](OC(C)=O)[C@H](OC(C)=O)CO[C@H]1n1c[n+]([C@@H]2OC[C@@H](OC(C)=O)[C@@H](OC(C)=O)[C@H]2OC(C)=O)c([O-])c1C(N)=O. The third-order valence-corrected chi connectivity index (χ3v) is 6.37. The van der Waals surface area contributed by atoms with E-state index in [-0.39, 0.29) is 0 Å². The minimum atomic E-state index is -1.61. The number of esters is 6. The fourth-order valence-corrected chi connectivity index (χ4v) is 5.01. The summed E-state index contributed by atoms with van der Waals surface area (Å²) >= 11 is 0. The van der Waals surface area contributed by atoms with Crippen LogP contribution < -0.4 is 15.4 Å². The number of imidazole rings is 1. The van der Waals surface area contributed by atoms with Crippen molar-refractivity contribution in [2.75, 3.05) is 13.2 Å². The van der Waals surface area contributed by atoms with Crippen LogP contribution in [0.4, 0.5) is 0 Å². The Labute approximate surface area is 255 Å². The van der Waals surface area contributed by atoms with Gasteiger partial charge in [-0.2, -0.15) is 4.57 Å². The second kappa shape index (κ2) is 14.3. The van der Waals surface area contributed by atoms with Crippen LogP contribution >= 0.6 is 0 Å². The summed E-state index contributed by atoms with van der Waals surface area (Å²) in [5, 5.41) is 13.7. The second-order valence-corrected chi connectivity index (χ2v) is 9.99. The number of hydrogen-bond acceptors (Lipinski definition) is 16. The van der Waals surface area contributed by atoms with Crippen molar-refractivity contribution in [2.45, 2.75) is 90.6 Å². The van der Waals surface area contributed by atoms with Gasteiger partial charge in [-0.25, -0.2) is 4.57 Å². The van der Waals surface area contributed by atoms with Gasteiger partial charge in [-0.15, -0.1) is 0 Å². The van der Waals surface area contributed by atoms with E-state index in [0.29, 0.717) is 0 Å². The van der Waals surface area contributed by atoms with Crippen LogP contribution in [0, 0.1) is 0 Å². The fourth-order valence-electron chi connectivity index (χ4n) is 5.01. The van der Waals surface area contributed by atoms with E-state index >= 15 is 0 Å². The normalized spacial score (nSPS) is 27.8. The summed E-state index contributed by atoms with van der Waals surface area (Å²) in [6.07, 6.45) is -10.9. The summed E-state index contributed by atoms with van der Waals surface area (Å²) in [6, 6.07) is 0. The van der Waals surface area contributed by atoms with Crippen molar-refractivity contribution < 1.29 is 81.1 Å². The molecule has 1 aromatic rings. The quantitative estimate of drug-likeness (QED) is 0.167. The maximum absolute atomic E-state index is 13.7. The highest BCUT2D eigenvalue weighted by atomic mass is 16.7. The van der Waals surface area contributed by atoms with Crippen molar-refractivity contribution in [3.05, 3.63) is 12.0 Å². The lowest BCUT2D eigenvalue weighted by atomic mass is 10.0. The van der Waals surface area contributed by atoms with Gasteiger partial charge in [0.15, 0.2) is 24.4 Å². The van der Waals surface area contributed by atoms with Crippen molar-refractivity contribution in [1.29, 1.82) is 0 Å².